The van der Waals surface area contributed by atoms with Gasteiger partial charge < -0.3 is 10.6 Å². The summed E-state index contributed by atoms with van der Waals surface area (Å²) in [6.07, 6.45) is 0. The van der Waals surface area contributed by atoms with E-state index in [1.807, 2.05) is 20.8 Å². The van der Waals surface area contributed by atoms with E-state index in [-0.39, 0.29) is 18.0 Å². The molecule has 0 bridgehead atoms. The van der Waals surface area contributed by atoms with Gasteiger partial charge >= 0.3 is 0 Å². The second kappa shape index (κ2) is 3.22. The van der Waals surface area contributed by atoms with Crippen molar-refractivity contribution in [1.82, 2.24) is 10.6 Å². The maximum Gasteiger partial charge on any atom is 0.237 e. The second-order valence-electron chi connectivity index (χ2n) is 3.54. The number of carbonyl (C=O) groups excluding carboxylic acids is 1. The number of nitrogens with one attached hydrogen (secondary N) is 2. The van der Waals surface area contributed by atoms with Gasteiger partial charge in [-0.15, -0.1) is 0 Å². The summed E-state index contributed by atoms with van der Waals surface area (Å²) < 4.78 is 0. The third-order valence-corrected chi connectivity index (χ3v) is 1.98. The van der Waals surface area contributed by atoms with Crippen molar-refractivity contribution in [2.24, 2.45) is 5.92 Å². The SMILES string of the molecule is CC1CNC(C(C)C)C(=O)N1. The first-order valence-electron chi connectivity index (χ1n) is 4.15. The molecule has 1 amide bonds. The molecule has 2 atom stereocenters. The maximum absolute atomic E-state index is 11.3. The average Bonchev–Trinajstić information content (AvgIpc) is 1.85. The van der Waals surface area contributed by atoms with Crippen LogP contribution >= 0.6 is 0 Å². The number of hydrogen-bond donors (Lipinski definition) is 2. The first-order valence-corrected chi connectivity index (χ1v) is 4.15. The monoisotopic (exact) mass is 156 g/mol. The topological polar surface area (TPSA) is 41.1 Å². The summed E-state index contributed by atoms with van der Waals surface area (Å²) in [5.41, 5.74) is 0. The van der Waals surface area contributed by atoms with E-state index in [2.05, 4.69) is 10.6 Å². The Balaban J connectivity index is 2.51. The summed E-state index contributed by atoms with van der Waals surface area (Å²) in [4.78, 5) is 11.3. The Labute approximate surface area is 67.5 Å². The Bertz CT molecular complexity index is 156. The number of piperazine rings is 1. The van der Waals surface area contributed by atoms with E-state index in [0.29, 0.717) is 5.92 Å². The summed E-state index contributed by atoms with van der Waals surface area (Å²) in [6.45, 7) is 6.98. The number of amides is 1. The highest BCUT2D eigenvalue weighted by Crippen LogP contribution is 2.05. The Kier molecular flexibility index (Phi) is 2.49. The molecule has 2 N–H and O–H groups in total. The number of carbonyl (C=O) groups is 1. The van der Waals surface area contributed by atoms with Crippen molar-refractivity contribution in [3.8, 4) is 0 Å². The first-order chi connectivity index (χ1) is 5.11. The van der Waals surface area contributed by atoms with Gasteiger partial charge in [-0.05, 0) is 12.8 Å². The standard InChI is InChI=1S/C8H16N2O/c1-5(2)7-8(11)10-6(3)4-9-7/h5-7,9H,4H2,1-3H3,(H,10,11). The summed E-state index contributed by atoms with van der Waals surface area (Å²) >= 11 is 0. The summed E-state index contributed by atoms with van der Waals surface area (Å²) in [5.74, 6) is 0.515. The van der Waals surface area contributed by atoms with Crippen LogP contribution in [-0.2, 0) is 4.79 Å². The fourth-order valence-electron chi connectivity index (χ4n) is 1.32. The third kappa shape index (κ3) is 1.93. The minimum atomic E-state index is 0.00574. The predicted octanol–water partition coefficient (Wildman–Crippen LogP) is 0.119. The molecule has 0 aromatic heterocycles. The van der Waals surface area contributed by atoms with Crippen LogP contribution in [-0.4, -0.2) is 24.5 Å². The van der Waals surface area contributed by atoms with Crippen molar-refractivity contribution in [2.75, 3.05) is 6.54 Å². The van der Waals surface area contributed by atoms with E-state index in [0.717, 1.165) is 6.54 Å². The fourth-order valence-corrected chi connectivity index (χ4v) is 1.32. The Hall–Kier alpha value is -0.570. The van der Waals surface area contributed by atoms with E-state index in [9.17, 15) is 4.79 Å². The van der Waals surface area contributed by atoms with E-state index in [4.69, 9.17) is 0 Å². The van der Waals surface area contributed by atoms with Gasteiger partial charge in [0.2, 0.25) is 5.91 Å². The van der Waals surface area contributed by atoms with Crippen LogP contribution in [0.15, 0.2) is 0 Å². The maximum atomic E-state index is 11.3. The quantitative estimate of drug-likeness (QED) is 0.566. The third-order valence-electron chi connectivity index (χ3n) is 1.98. The predicted molar refractivity (Wildman–Crippen MR) is 44.2 cm³/mol. The van der Waals surface area contributed by atoms with Crippen LogP contribution < -0.4 is 10.6 Å². The Morgan fingerprint density at radius 2 is 2.18 bits per heavy atom. The van der Waals surface area contributed by atoms with Crippen LogP contribution in [0.4, 0.5) is 0 Å². The first kappa shape index (κ1) is 8.53. The average molecular weight is 156 g/mol. The van der Waals surface area contributed by atoms with Crippen molar-refractivity contribution >= 4 is 5.91 Å². The second-order valence-corrected chi connectivity index (χ2v) is 3.54. The highest BCUT2D eigenvalue weighted by molar-refractivity contribution is 5.83. The molecule has 1 aliphatic heterocycles. The highest BCUT2D eigenvalue weighted by Gasteiger charge is 2.26. The lowest BCUT2D eigenvalue weighted by atomic mass is 10.0. The highest BCUT2D eigenvalue weighted by atomic mass is 16.2. The van der Waals surface area contributed by atoms with Crippen LogP contribution in [0.1, 0.15) is 20.8 Å². The molecule has 3 heteroatoms. The number of hydrogen-bond acceptors (Lipinski definition) is 2. The lowest BCUT2D eigenvalue weighted by molar-refractivity contribution is -0.126. The van der Waals surface area contributed by atoms with Gasteiger partial charge in [-0.3, -0.25) is 4.79 Å². The van der Waals surface area contributed by atoms with Gasteiger partial charge in [0.05, 0.1) is 6.04 Å². The largest absolute Gasteiger partial charge is 0.351 e. The van der Waals surface area contributed by atoms with Crippen molar-refractivity contribution in [1.29, 1.82) is 0 Å². The van der Waals surface area contributed by atoms with Crippen molar-refractivity contribution in [2.45, 2.75) is 32.9 Å². The molecule has 11 heavy (non-hydrogen) atoms. The molecule has 0 aromatic rings. The lowest BCUT2D eigenvalue weighted by Crippen LogP contribution is -2.58. The Morgan fingerprint density at radius 3 is 2.64 bits per heavy atom. The molecule has 64 valence electrons. The van der Waals surface area contributed by atoms with Crippen molar-refractivity contribution in [3.05, 3.63) is 0 Å². The summed E-state index contributed by atoms with van der Waals surface area (Å²) in [5, 5.41) is 6.12. The molecule has 1 saturated heterocycles. The normalized spacial score (nSPS) is 32.2. The molecular formula is C8H16N2O. The van der Waals surface area contributed by atoms with Crippen LogP contribution in [0.3, 0.4) is 0 Å². The smallest absolute Gasteiger partial charge is 0.237 e. The van der Waals surface area contributed by atoms with Gasteiger partial charge in [-0.25, -0.2) is 0 Å². The summed E-state index contributed by atoms with van der Waals surface area (Å²) in [7, 11) is 0. The molecule has 1 rings (SSSR count). The molecule has 3 nitrogen and oxygen atoms in total. The Morgan fingerprint density at radius 1 is 1.55 bits per heavy atom. The van der Waals surface area contributed by atoms with Crippen molar-refractivity contribution in [3.63, 3.8) is 0 Å². The van der Waals surface area contributed by atoms with Crippen LogP contribution in [0.5, 0.6) is 0 Å². The summed E-state index contributed by atoms with van der Waals surface area (Å²) in [6, 6.07) is 0.281. The fraction of sp³-hybridized carbons (Fsp3) is 0.875. The molecule has 0 saturated carbocycles. The van der Waals surface area contributed by atoms with Crippen LogP contribution in [0.2, 0.25) is 0 Å². The van der Waals surface area contributed by atoms with Crippen LogP contribution in [0, 0.1) is 5.92 Å². The minimum absolute atomic E-state index is 0.00574. The van der Waals surface area contributed by atoms with Gasteiger partial charge in [-0.2, -0.15) is 0 Å². The van der Waals surface area contributed by atoms with Gasteiger partial charge in [0.1, 0.15) is 0 Å². The van der Waals surface area contributed by atoms with Gasteiger partial charge in [-0.1, -0.05) is 13.8 Å². The van der Waals surface area contributed by atoms with E-state index >= 15 is 0 Å². The molecule has 0 aliphatic carbocycles. The zero-order chi connectivity index (χ0) is 8.43. The molecule has 2 unspecified atom stereocenters. The molecule has 0 radical (unpaired) electrons. The molecule has 1 fully saturated rings. The van der Waals surface area contributed by atoms with Gasteiger partial charge in [0.15, 0.2) is 0 Å². The molecular weight excluding hydrogens is 140 g/mol. The van der Waals surface area contributed by atoms with E-state index < -0.39 is 0 Å². The van der Waals surface area contributed by atoms with Crippen LogP contribution in [0.25, 0.3) is 0 Å². The molecule has 1 heterocycles. The number of rotatable bonds is 1. The molecule has 0 spiro atoms. The van der Waals surface area contributed by atoms with Crippen molar-refractivity contribution < 1.29 is 4.79 Å². The van der Waals surface area contributed by atoms with Gasteiger partial charge in [0.25, 0.3) is 0 Å². The van der Waals surface area contributed by atoms with E-state index in [1.165, 1.54) is 0 Å². The van der Waals surface area contributed by atoms with Gasteiger partial charge in [0, 0.05) is 12.6 Å². The zero-order valence-electron chi connectivity index (χ0n) is 7.35. The minimum Gasteiger partial charge on any atom is -0.351 e. The lowest BCUT2D eigenvalue weighted by Gasteiger charge is -2.30. The molecule has 1 aliphatic rings. The van der Waals surface area contributed by atoms with E-state index in [1.54, 1.807) is 0 Å². The molecule has 0 aromatic carbocycles. The zero-order valence-corrected chi connectivity index (χ0v) is 7.35.